The molecule has 4 aliphatic rings. The SMILES string of the molecule is CCC(=O)O[C@H]1CC[C@H]2[C@@H]3CC[C@H]4C[C@@H](OC(C)=O)CC[C@]4(C)[C@@]3(F)[C@@H](O)C[C@]12C. The molecule has 0 aromatic carbocycles. The van der Waals surface area contributed by atoms with Gasteiger partial charge in [0.15, 0.2) is 0 Å². The summed E-state index contributed by atoms with van der Waals surface area (Å²) in [7, 11) is 0. The molecule has 0 unspecified atom stereocenters. The zero-order valence-corrected chi connectivity index (χ0v) is 18.8. The van der Waals surface area contributed by atoms with E-state index in [0.717, 1.165) is 25.7 Å². The van der Waals surface area contributed by atoms with E-state index in [1.165, 1.54) is 6.92 Å². The number of hydrogen-bond acceptors (Lipinski definition) is 5. The van der Waals surface area contributed by atoms with Crippen LogP contribution in [0, 0.1) is 28.6 Å². The molecule has 4 fully saturated rings. The van der Waals surface area contributed by atoms with Gasteiger partial charge in [-0.2, -0.15) is 0 Å². The van der Waals surface area contributed by atoms with Crippen LogP contribution in [-0.2, 0) is 19.1 Å². The van der Waals surface area contributed by atoms with E-state index in [0.29, 0.717) is 32.1 Å². The van der Waals surface area contributed by atoms with Gasteiger partial charge in [0.25, 0.3) is 0 Å². The summed E-state index contributed by atoms with van der Waals surface area (Å²) in [4.78, 5) is 23.4. The monoisotopic (exact) mass is 424 g/mol. The van der Waals surface area contributed by atoms with Crippen LogP contribution in [-0.4, -0.2) is 41.0 Å². The number of aliphatic hydroxyl groups excluding tert-OH is 1. The molecule has 0 amide bonds. The molecule has 0 aliphatic heterocycles. The van der Waals surface area contributed by atoms with Crippen LogP contribution in [0.3, 0.4) is 0 Å². The van der Waals surface area contributed by atoms with Gasteiger partial charge < -0.3 is 14.6 Å². The summed E-state index contributed by atoms with van der Waals surface area (Å²) >= 11 is 0. The number of carbonyl (C=O) groups is 2. The van der Waals surface area contributed by atoms with Crippen LogP contribution in [0.5, 0.6) is 0 Å². The zero-order chi connectivity index (χ0) is 21.9. The van der Waals surface area contributed by atoms with E-state index in [-0.39, 0.29) is 47.3 Å². The first-order valence-corrected chi connectivity index (χ1v) is 11.8. The third kappa shape index (κ3) is 3.03. The largest absolute Gasteiger partial charge is 0.463 e. The third-order valence-corrected chi connectivity index (χ3v) is 9.50. The first-order chi connectivity index (χ1) is 14.1. The van der Waals surface area contributed by atoms with Crippen molar-refractivity contribution >= 4 is 11.9 Å². The highest BCUT2D eigenvalue weighted by atomic mass is 19.1. The minimum absolute atomic E-state index is 0.103. The molecule has 0 radical (unpaired) electrons. The van der Waals surface area contributed by atoms with Crippen molar-refractivity contribution < 1.29 is 28.6 Å². The number of halogens is 1. The van der Waals surface area contributed by atoms with Crippen molar-refractivity contribution in [2.75, 3.05) is 0 Å². The van der Waals surface area contributed by atoms with Crippen LogP contribution < -0.4 is 0 Å². The molecule has 0 saturated heterocycles. The summed E-state index contributed by atoms with van der Waals surface area (Å²) in [5, 5.41) is 11.3. The number of aliphatic hydroxyl groups is 1. The van der Waals surface area contributed by atoms with Crippen molar-refractivity contribution in [2.45, 2.75) is 109 Å². The van der Waals surface area contributed by atoms with Gasteiger partial charge in [-0.25, -0.2) is 4.39 Å². The number of hydrogen-bond donors (Lipinski definition) is 1. The van der Waals surface area contributed by atoms with Crippen molar-refractivity contribution in [1.82, 2.24) is 0 Å². The lowest BCUT2D eigenvalue weighted by molar-refractivity contribution is -0.254. The molecule has 0 heterocycles. The third-order valence-electron chi connectivity index (χ3n) is 9.50. The summed E-state index contributed by atoms with van der Waals surface area (Å²) in [6, 6.07) is 0. The van der Waals surface area contributed by atoms with Gasteiger partial charge in [-0.15, -0.1) is 0 Å². The second-order valence-electron chi connectivity index (χ2n) is 10.8. The van der Waals surface area contributed by atoms with Crippen molar-refractivity contribution in [1.29, 1.82) is 0 Å². The van der Waals surface area contributed by atoms with Gasteiger partial charge >= 0.3 is 11.9 Å². The summed E-state index contributed by atoms with van der Waals surface area (Å²) in [6.07, 6.45) is 4.39. The molecule has 1 N–H and O–H groups in total. The first kappa shape index (κ1) is 22.0. The summed E-state index contributed by atoms with van der Waals surface area (Å²) in [6.45, 7) is 7.32. The van der Waals surface area contributed by atoms with Gasteiger partial charge in [0.2, 0.25) is 0 Å². The minimum atomic E-state index is -1.65. The average Bonchev–Trinajstić information content (AvgIpc) is 2.98. The molecule has 4 aliphatic carbocycles. The van der Waals surface area contributed by atoms with E-state index in [9.17, 15) is 14.7 Å². The van der Waals surface area contributed by atoms with Crippen LogP contribution in [0.2, 0.25) is 0 Å². The zero-order valence-electron chi connectivity index (χ0n) is 18.8. The van der Waals surface area contributed by atoms with Crippen LogP contribution in [0.15, 0.2) is 0 Å². The Morgan fingerprint density at radius 2 is 1.77 bits per heavy atom. The topological polar surface area (TPSA) is 72.8 Å². The lowest BCUT2D eigenvalue weighted by atomic mass is 9.42. The Balaban J connectivity index is 1.60. The number of ether oxygens (including phenoxy) is 2. The van der Waals surface area contributed by atoms with Crippen LogP contribution >= 0.6 is 0 Å². The van der Waals surface area contributed by atoms with E-state index < -0.39 is 17.2 Å². The van der Waals surface area contributed by atoms with E-state index in [1.54, 1.807) is 6.92 Å². The van der Waals surface area contributed by atoms with Crippen molar-refractivity contribution in [2.24, 2.45) is 28.6 Å². The molecular weight excluding hydrogens is 387 g/mol. The summed E-state index contributed by atoms with van der Waals surface area (Å²) in [5.74, 6) is -0.495. The maximum absolute atomic E-state index is 17.1. The molecule has 5 nitrogen and oxygen atoms in total. The van der Waals surface area contributed by atoms with Gasteiger partial charge in [0.1, 0.15) is 17.9 Å². The standard InChI is InChI=1S/C24H37FO5/c1-5-21(28)30-20-9-8-17-18-7-6-15-12-16(29-14(2)26)10-11-23(15,4)24(18,25)19(27)13-22(17,20)3/h15-20,27H,5-13H2,1-4H3/t15-,16-,17-,18-,19-,20-,22-,23-,24-/m0/s1. The molecule has 0 bridgehead atoms. The van der Waals surface area contributed by atoms with Crippen molar-refractivity contribution in [3.05, 3.63) is 0 Å². The second-order valence-corrected chi connectivity index (χ2v) is 10.8. The van der Waals surface area contributed by atoms with Crippen LogP contribution in [0.4, 0.5) is 4.39 Å². The normalized spacial score (nSPS) is 50.1. The average molecular weight is 425 g/mol. The molecule has 0 aromatic rings. The molecule has 9 atom stereocenters. The van der Waals surface area contributed by atoms with Gasteiger partial charge in [0, 0.05) is 24.2 Å². The Bertz CT molecular complexity index is 712. The smallest absolute Gasteiger partial charge is 0.305 e. The van der Waals surface area contributed by atoms with Crippen LogP contribution in [0.25, 0.3) is 0 Å². The maximum atomic E-state index is 17.1. The van der Waals surface area contributed by atoms with E-state index >= 15 is 4.39 Å². The predicted molar refractivity (Wildman–Crippen MR) is 109 cm³/mol. The predicted octanol–water partition coefficient (Wildman–Crippen LogP) is 4.35. The second kappa shape index (κ2) is 7.46. The van der Waals surface area contributed by atoms with Gasteiger partial charge in [-0.05, 0) is 69.1 Å². The Morgan fingerprint density at radius 3 is 2.43 bits per heavy atom. The fraction of sp³-hybridized carbons (Fsp3) is 0.917. The fourth-order valence-corrected chi connectivity index (χ4v) is 7.95. The number of fused-ring (bicyclic) bond motifs is 5. The van der Waals surface area contributed by atoms with E-state index in [1.807, 2.05) is 6.92 Å². The van der Waals surface area contributed by atoms with Crippen LogP contribution in [0.1, 0.15) is 85.5 Å². The molecule has 0 aromatic heterocycles. The van der Waals surface area contributed by atoms with E-state index in [2.05, 4.69) is 6.92 Å². The Hall–Kier alpha value is -1.17. The molecule has 4 saturated carbocycles. The summed E-state index contributed by atoms with van der Waals surface area (Å²) < 4.78 is 28.3. The maximum Gasteiger partial charge on any atom is 0.305 e. The Labute approximate surface area is 179 Å². The lowest BCUT2D eigenvalue weighted by Crippen LogP contribution is -2.69. The van der Waals surface area contributed by atoms with Gasteiger partial charge in [-0.1, -0.05) is 20.8 Å². The highest BCUT2D eigenvalue weighted by Crippen LogP contribution is 2.69. The molecule has 170 valence electrons. The Kier molecular flexibility index (Phi) is 5.48. The molecule has 4 rings (SSSR count). The highest BCUT2D eigenvalue weighted by molar-refractivity contribution is 5.69. The highest BCUT2D eigenvalue weighted by Gasteiger charge is 2.72. The van der Waals surface area contributed by atoms with Crippen molar-refractivity contribution in [3.8, 4) is 0 Å². The van der Waals surface area contributed by atoms with Gasteiger partial charge in [-0.3, -0.25) is 9.59 Å². The summed E-state index contributed by atoms with van der Waals surface area (Å²) in [5.41, 5.74) is -2.64. The lowest BCUT2D eigenvalue weighted by Gasteiger charge is -2.65. The number of alkyl halides is 1. The Morgan fingerprint density at radius 1 is 1.07 bits per heavy atom. The molecule has 0 spiro atoms. The number of esters is 2. The fourth-order valence-electron chi connectivity index (χ4n) is 7.95. The first-order valence-electron chi connectivity index (χ1n) is 11.8. The molecule has 30 heavy (non-hydrogen) atoms. The number of carbonyl (C=O) groups excluding carboxylic acids is 2. The quantitative estimate of drug-likeness (QED) is 0.682. The molecular formula is C24H37FO5. The molecule has 6 heteroatoms. The van der Waals surface area contributed by atoms with Gasteiger partial charge in [0.05, 0.1) is 6.10 Å². The van der Waals surface area contributed by atoms with Crippen molar-refractivity contribution in [3.63, 3.8) is 0 Å². The minimum Gasteiger partial charge on any atom is -0.463 e. The van der Waals surface area contributed by atoms with E-state index in [4.69, 9.17) is 9.47 Å². The number of rotatable bonds is 3.